The van der Waals surface area contributed by atoms with Gasteiger partial charge >= 0.3 is 0 Å². The number of benzene rings is 1. The lowest BCUT2D eigenvalue weighted by Crippen LogP contribution is -2.38. The van der Waals surface area contributed by atoms with Crippen molar-refractivity contribution in [2.24, 2.45) is 0 Å². The van der Waals surface area contributed by atoms with E-state index in [4.69, 9.17) is 4.74 Å². The molecule has 0 unspecified atom stereocenters. The topological polar surface area (TPSA) is 80.5 Å². The number of aliphatic hydroxyl groups is 1. The fourth-order valence-corrected chi connectivity index (χ4v) is 2.85. The van der Waals surface area contributed by atoms with Gasteiger partial charge in [-0.15, -0.1) is 5.10 Å². The van der Waals surface area contributed by atoms with Gasteiger partial charge in [0.2, 0.25) is 5.91 Å². The molecule has 0 saturated heterocycles. The molecule has 0 radical (unpaired) electrons. The second kappa shape index (κ2) is 6.89. The number of fused-ring (bicyclic) bond motifs is 1. The van der Waals surface area contributed by atoms with Gasteiger partial charge in [0, 0.05) is 20.2 Å². The SMILES string of the molecule is COCc1c(CO)nnn1CC(=O)N1CCc2ccccc2C1. The Balaban J connectivity index is 1.72. The first-order valence-corrected chi connectivity index (χ1v) is 7.58. The average Bonchev–Trinajstić information content (AvgIpc) is 2.96. The Morgan fingerprint density at radius 1 is 1.35 bits per heavy atom. The van der Waals surface area contributed by atoms with E-state index in [-0.39, 0.29) is 25.7 Å². The minimum atomic E-state index is -0.218. The number of aliphatic hydroxyl groups excluding tert-OH is 1. The van der Waals surface area contributed by atoms with Crippen molar-refractivity contribution in [1.82, 2.24) is 19.9 Å². The number of carbonyl (C=O) groups is 1. The summed E-state index contributed by atoms with van der Waals surface area (Å²) in [6.07, 6.45) is 0.867. The second-order valence-electron chi connectivity index (χ2n) is 5.57. The summed E-state index contributed by atoms with van der Waals surface area (Å²) in [4.78, 5) is 14.4. The van der Waals surface area contributed by atoms with Crippen LogP contribution in [0.5, 0.6) is 0 Å². The van der Waals surface area contributed by atoms with Gasteiger partial charge in [0.1, 0.15) is 12.2 Å². The quantitative estimate of drug-likeness (QED) is 0.869. The number of carbonyl (C=O) groups excluding carboxylic acids is 1. The number of hydrogen-bond acceptors (Lipinski definition) is 5. The Kier molecular flexibility index (Phi) is 4.68. The summed E-state index contributed by atoms with van der Waals surface area (Å²) in [5.74, 6) is -0.00811. The Labute approximate surface area is 134 Å². The van der Waals surface area contributed by atoms with E-state index in [1.807, 2.05) is 17.0 Å². The zero-order valence-corrected chi connectivity index (χ0v) is 13.1. The first-order chi connectivity index (χ1) is 11.2. The molecule has 0 atom stereocenters. The van der Waals surface area contributed by atoms with Crippen molar-refractivity contribution >= 4 is 5.91 Å². The van der Waals surface area contributed by atoms with Gasteiger partial charge in [-0.3, -0.25) is 4.79 Å². The molecule has 2 aromatic rings. The molecule has 23 heavy (non-hydrogen) atoms. The van der Waals surface area contributed by atoms with Gasteiger partial charge in [-0.1, -0.05) is 29.5 Å². The van der Waals surface area contributed by atoms with Crippen molar-refractivity contribution in [1.29, 1.82) is 0 Å². The van der Waals surface area contributed by atoms with Gasteiger partial charge in [0.25, 0.3) is 0 Å². The van der Waals surface area contributed by atoms with E-state index in [0.717, 1.165) is 6.42 Å². The van der Waals surface area contributed by atoms with Crippen molar-refractivity contribution in [3.05, 3.63) is 46.8 Å². The van der Waals surface area contributed by atoms with Crippen molar-refractivity contribution < 1.29 is 14.6 Å². The first kappa shape index (κ1) is 15.6. The third-order valence-electron chi connectivity index (χ3n) is 4.12. The fourth-order valence-electron chi connectivity index (χ4n) is 2.85. The summed E-state index contributed by atoms with van der Waals surface area (Å²) in [7, 11) is 1.56. The number of methoxy groups -OCH3 is 1. The molecule has 7 heteroatoms. The number of aromatic nitrogens is 3. The fraction of sp³-hybridized carbons (Fsp3) is 0.438. The molecule has 1 aliphatic rings. The van der Waals surface area contributed by atoms with Gasteiger partial charge in [0.15, 0.2) is 0 Å². The number of hydrogen-bond donors (Lipinski definition) is 1. The molecule has 1 amide bonds. The molecule has 0 bridgehead atoms. The van der Waals surface area contributed by atoms with Crippen LogP contribution in [0.3, 0.4) is 0 Å². The lowest BCUT2D eigenvalue weighted by Gasteiger charge is -2.29. The number of nitrogens with zero attached hydrogens (tertiary/aromatic N) is 4. The van der Waals surface area contributed by atoms with Gasteiger partial charge in [0.05, 0.1) is 18.9 Å². The third kappa shape index (κ3) is 3.25. The Bertz CT molecular complexity index is 698. The van der Waals surface area contributed by atoms with Crippen molar-refractivity contribution in [2.45, 2.75) is 32.7 Å². The predicted molar refractivity (Wildman–Crippen MR) is 82.2 cm³/mol. The number of ether oxygens (including phenoxy) is 1. The van der Waals surface area contributed by atoms with E-state index < -0.39 is 0 Å². The summed E-state index contributed by atoms with van der Waals surface area (Å²) in [6.45, 7) is 1.48. The lowest BCUT2D eigenvalue weighted by atomic mass is 10.00. The molecule has 122 valence electrons. The van der Waals surface area contributed by atoms with Crippen LogP contribution >= 0.6 is 0 Å². The van der Waals surface area contributed by atoms with Crippen molar-refractivity contribution in [2.75, 3.05) is 13.7 Å². The number of rotatable bonds is 5. The van der Waals surface area contributed by atoms with E-state index in [9.17, 15) is 9.90 Å². The molecule has 1 aromatic heterocycles. The van der Waals surface area contributed by atoms with Gasteiger partial charge < -0.3 is 14.7 Å². The lowest BCUT2D eigenvalue weighted by molar-refractivity contribution is -0.133. The summed E-state index contributed by atoms with van der Waals surface area (Å²) in [5, 5.41) is 17.1. The van der Waals surface area contributed by atoms with Crippen LogP contribution in [0.2, 0.25) is 0 Å². The third-order valence-corrected chi connectivity index (χ3v) is 4.12. The monoisotopic (exact) mass is 316 g/mol. The van der Waals surface area contributed by atoms with Crippen LogP contribution in [0.15, 0.2) is 24.3 Å². The van der Waals surface area contributed by atoms with Gasteiger partial charge in [-0.25, -0.2) is 4.68 Å². The molecule has 2 heterocycles. The zero-order chi connectivity index (χ0) is 16.2. The minimum absolute atomic E-state index is 0.00811. The van der Waals surface area contributed by atoms with Crippen LogP contribution in [0, 0.1) is 0 Å². The largest absolute Gasteiger partial charge is 0.390 e. The highest BCUT2D eigenvalue weighted by Gasteiger charge is 2.22. The summed E-state index contributed by atoms with van der Waals surface area (Å²) in [5.41, 5.74) is 3.59. The molecular formula is C16H20N4O3. The van der Waals surface area contributed by atoms with E-state index in [0.29, 0.717) is 24.5 Å². The summed E-state index contributed by atoms with van der Waals surface area (Å²) >= 11 is 0. The molecule has 1 aliphatic heterocycles. The predicted octanol–water partition coefficient (Wildman–Crippen LogP) is 0.502. The molecule has 0 saturated carbocycles. The normalized spacial score (nSPS) is 13.9. The Morgan fingerprint density at radius 2 is 2.13 bits per heavy atom. The highest BCUT2D eigenvalue weighted by molar-refractivity contribution is 5.76. The van der Waals surface area contributed by atoms with Crippen LogP contribution in [0.1, 0.15) is 22.5 Å². The maximum atomic E-state index is 12.6. The van der Waals surface area contributed by atoms with Crippen LogP contribution < -0.4 is 0 Å². The van der Waals surface area contributed by atoms with Crippen LogP contribution in [0.25, 0.3) is 0 Å². The maximum Gasteiger partial charge on any atom is 0.244 e. The van der Waals surface area contributed by atoms with Crippen LogP contribution in [0.4, 0.5) is 0 Å². The summed E-state index contributed by atoms with van der Waals surface area (Å²) in [6, 6.07) is 8.19. The van der Waals surface area contributed by atoms with E-state index in [2.05, 4.69) is 22.4 Å². The highest BCUT2D eigenvalue weighted by atomic mass is 16.5. The van der Waals surface area contributed by atoms with E-state index >= 15 is 0 Å². The maximum absolute atomic E-state index is 12.6. The van der Waals surface area contributed by atoms with Crippen molar-refractivity contribution in [3.63, 3.8) is 0 Å². The van der Waals surface area contributed by atoms with Crippen molar-refractivity contribution in [3.8, 4) is 0 Å². The molecule has 0 spiro atoms. The standard InChI is InChI=1S/C16H20N4O3/c1-23-11-15-14(10-21)17-18-20(15)9-16(22)19-7-6-12-4-2-3-5-13(12)8-19/h2-5,21H,6-11H2,1H3. The Hall–Kier alpha value is -2.25. The van der Waals surface area contributed by atoms with E-state index in [1.54, 1.807) is 7.11 Å². The smallest absolute Gasteiger partial charge is 0.244 e. The number of amides is 1. The van der Waals surface area contributed by atoms with Gasteiger partial charge in [-0.05, 0) is 17.5 Å². The highest BCUT2D eigenvalue weighted by Crippen LogP contribution is 2.19. The van der Waals surface area contributed by atoms with E-state index in [1.165, 1.54) is 15.8 Å². The molecular weight excluding hydrogens is 296 g/mol. The minimum Gasteiger partial charge on any atom is -0.390 e. The van der Waals surface area contributed by atoms with Crippen LogP contribution in [-0.2, 0) is 42.3 Å². The van der Waals surface area contributed by atoms with Crippen LogP contribution in [-0.4, -0.2) is 44.6 Å². The first-order valence-electron chi connectivity index (χ1n) is 7.58. The molecule has 3 rings (SSSR count). The van der Waals surface area contributed by atoms with Gasteiger partial charge in [-0.2, -0.15) is 0 Å². The summed E-state index contributed by atoms with van der Waals surface area (Å²) < 4.78 is 6.62. The second-order valence-corrected chi connectivity index (χ2v) is 5.57. The molecule has 1 aromatic carbocycles. The average molecular weight is 316 g/mol. The molecule has 0 fully saturated rings. The molecule has 0 aliphatic carbocycles. The Morgan fingerprint density at radius 3 is 2.87 bits per heavy atom. The zero-order valence-electron chi connectivity index (χ0n) is 13.1. The molecule has 1 N–H and O–H groups in total. The molecule has 7 nitrogen and oxygen atoms in total.